The highest BCUT2D eigenvalue weighted by Gasteiger charge is 2.28. The number of benzene rings is 1. The van der Waals surface area contributed by atoms with Gasteiger partial charge in [-0.1, -0.05) is 31.2 Å². The first kappa shape index (κ1) is 14.1. The lowest BCUT2D eigenvalue weighted by molar-refractivity contribution is -0.136. The average Bonchev–Trinajstić information content (AvgIpc) is 2.72. The van der Waals surface area contributed by atoms with Gasteiger partial charge in [0, 0.05) is 18.6 Å². The maximum Gasteiger partial charge on any atom is 0.307 e. The van der Waals surface area contributed by atoms with E-state index < -0.39 is 5.97 Å². The minimum atomic E-state index is -0.771. The van der Waals surface area contributed by atoms with Crippen molar-refractivity contribution in [2.45, 2.75) is 58.2 Å². The van der Waals surface area contributed by atoms with Crippen LogP contribution in [0.15, 0.2) is 24.3 Å². The Hall–Kier alpha value is -1.35. The Morgan fingerprint density at radius 3 is 2.47 bits per heavy atom. The molecule has 1 heterocycles. The number of hydrogen-bond acceptors (Lipinski definition) is 2. The molecule has 0 radical (unpaired) electrons. The Bertz CT molecular complexity index is 427. The van der Waals surface area contributed by atoms with Crippen LogP contribution in [-0.4, -0.2) is 28.1 Å². The fourth-order valence-electron chi connectivity index (χ4n) is 3.00. The Morgan fingerprint density at radius 2 is 1.89 bits per heavy atom. The second-order valence-corrected chi connectivity index (χ2v) is 5.55. The van der Waals surface area contributed by atoms with Crippen molar-refractivity contribution in [2.75, 3.05) is 0 Å². The normalized spacial score (nSPS) is 23.7. The zero-order valence-corrected chi connectivity index (χ0v) is 11.8. The molecule has 0 aromatic heterocycles. The number of carboxylic acids is 1. The first-order valence-electron chi connectivity index (χ1n) is 7.15. The zero-order valence-electron chi connectivity index (χ0n) is 11.8. The van der Waals surface area contributed by atoms with E-state index >= 15 is 0 Å². The predicted molar refractivity (Wildman–Crippen MR) is 76.1 cm³/mol. The van der Waals surface area contributed by atoms with Gasteiger partial charge in [-0.25, -0.2) is 0 Å². The minimum Gasteiger partial charge on any atom is -0.481 e. The highest BCUT2D eigenvalue weighted by molar-refractivity contribution is 5.70. The van der Waals surface area contributed by atoms with Gasteiger partial charge in [-0.3, -0.25) is 9.69 Å². The van der Waals surface area contributed by atoms with Crippen molar-refractivity contribution in [3.8, 4) is 0 Å². The van der Waals surface area contributed by atoms with Crippen molar-refractivity contribution in [1.82, 2.24) is 4.90 Å². The first-order chi connectivity index (χ1) is 9.10. The number of carbonyl (C=O) groups is 1. The van der Waals surface area contributed by atoms with E-state index in [2.05, 4.69) is 30.9 Å². The second-order valence-electron chi connectivity index (χ2n) is 5.55. The third-order valence-corrected chi connectivity index (χ3v) is 4.17. The van der Waals surface area contributed by atoms with E-state index in [1.165, 1.54) is 24.8 Å². The molecule has 104 valence electrons. The van der Waals surface area contributed by atoms with Crippen molar-refractivity contribution < 1.29 is 9.90 Å². The maximum absolute atomic E-state index is 10.6. The monoisotopic (exact) mass is 261 g/mol. The van der Waals surface area contributed by atoms with Gasteiger partial charge in [-0.2, -0.15) is 0 Å². The van der Waals surface area contributed by atoms with E-state index in [-0.39, 0.29) is 6.42 Å². The van der Waals surface area contributed by atoms with Gasteiger partial charge in [0.15, 0.2) is 0 Å². The molecule has 19 heavy (non-hydrogen) atoms. The molecule has 2 unspecified atom stereocenters. The van der Waals surface area contributed by atoms with Gasteiger partial charge in [0.05, 0.1) is 6.42 Å². The van der Waals surface area contributed by atoms with Gasteiger partial charge < -0.3 is 5.11 Å². The number of hydrogen-bond donors (Lipinski definition) is 1. The summed E-state index contributed by atoms with van der Waals surface area (Å²) < 4.78 is 0. The lowest BCUT2D eigenvalue weighted by Crippen LogP contribution is -2.33. The first-order valence-corrected chi connectivity index (χ1v) is 7.15. The number of rotatable bonds is 5. The summed E-state index contributed by atoms with van der Waals surface area (Å²) in [5.74, 6) is -0.771. The van der Waals surface area contributed by atoms with E-state index in [0.29, 0.717) is 12.1 Å². The second kappa shape index (κ2) is 6.20. The number of aliphatic carboxylic acids is 1. The van der Waals surface area contributed by atoms with E-state index in [0.717, 1.165) is 12.1 Å². The molecule has 1 aromatic carbocycles. The summed E-state index contributed by atoms with van der Waals surface area (Å²) in [6, 6.07) is 9.36. The van der Waals surface area contributed by atoms with Crippen LogP contribution in [-0.2, 0) is 17.8 Å². The summed E-state index contributed by atoms with van der Waals surface area (Å²) in [5.41, 5.74) is 2.15. The van der Waals surface area contributed by atoms with Gasteiger partial charge in [-0.15, -0.1) is 0 Å². The molecule has 2 rings (SSSR count). The van der Waals surface area contributed by atoms with Crippen molar-refractivity contribution >= 4 is 5.97 Å². The third kappa shape index (κ3) is 3.57. The Morgan fingerprint density at radius 1 is 1.26 bits per heavy atom. The highest BCUT2D eigenvalue weighted by Crippen LogP contribution is 2.27. The van der Waals surface area contributed by atoms with Crippen molar-refractivity contribution in [2.24, 2.45) is 0 Å². The van der Waals surface area contributed by atoms with Gasteiger partial charge in [-0.05, 0) is 37.3 Å². The molecular weight excluding hydrogens is 238 g/mol. The topological polar surface area (TPSA) is 40.5 Å². The molecule has 1 aliphatic heterocycles. The van der Waals surface area contributed by atoms with Crippen LogP contribution in [0.5, 0.6) is 0 Å². The summed E-state index contributed by atoms with van der Waals surface area (Å²) in [6.45, 7) is 5.53. The van der Waals surface area contributed by atoms with E-state index in [1.807, 2.05) is 12.1 Å². The highest BCUT2D eigenvalue weighted by atomic mass is 16.4. The minimum absolute atomic E-state index is 0.109. The molecule has 1 saturated heterocycles. The quantitative estimate of drug-likeness (QED) is 0.885. The summed E-state index contributed by atoms with van der Waals surface area (Å²) >= 11 is 0. The molecule has 3 nitrogen and oxygen atoms in total. The van der Waals surface area contributed by atoms with Gasteiger partial charge in [0.2, 0.25) is 0 Å². The number of carboxylic acid groups (broad SMARTS) is 1. The Labute approximate surface area is 115 Å². The molecular formula is C16H23NO2. The van der Waals surface area contributed by atoms with E-state index in [9.17, 15) is 4.79 Å². The Kier molecular flexibility index (Phi) is 4.59. The van der Waals surface area contributed by atoms with Crippen LogP contribution in [0.3, 0.4) is 0 Å². The van der Waals surface area contributed by atoms with Gasteiger partial charge >= 0.3 is 5.97 Å². The van der Waals surface area contributed by atoms with Crippen LogP contribution in [0, 0.1) is 0 Å². The number of likely N-dealkylation sites (tertiary alicyclic amines) is 1. The van der Waals surface area contributed by atoms with Crippen molar-refractivity contribution in [1.29, 1.82) is 0 Å². The predicted octanol–water partition coefficient (Wildman–Crippen LogP) is 3.08. The maximum atomic E-state index is 10.6. The standard InChI is InChI=1S/C16H23NO2/c1-3-15-9-4-12(2)17(15)11-14-7-5-13(6-8-14)10-16(18)19/h5-8,12,15H,3-4,9-11H2,1-2H3,(H,18,19). The van der Waals surface area contributed by atoms with Crippen LogP contribution < -0.4 is 0 Å². The fraction of sp³-hybridized carbons (Fsp3) is 0.562. The van der Waals surface area contributed by atoms with Crippen LogP contribution in [0.2, 0.25) is 0 Å². The summed E-state index contributed by atoms with van der Waals surface area (Å²) in [4.78, 5) is 13.2. The van der Waals surface area contributed by atoms with Crippen LogP contribution in [0.1, 0.15) is 44.2 Å². The number of nitrogens with zero attached hydrogens (tertiary/aromatic N) is 1. The molecule has 1 aliphatic rings. The zero-order chi connectivity index (χ0) is 13.8. The molecule has 0 aliphatic carbocycles. The van der Waals surface area contributed by atoms with Crippen LogP contribution in [0.4, 0.5) is 0 Å². The van der Waals surface area contributed by atoms with Crippen LogP contribution in [0.25, 0.3) is 0 Å². The molecule has 2 atom stereocenters. The summed E-state index contributed by atoms with van der Waals surface area (Å²) in [5, 5.41) is 8.76. The fourth-order valence-corrected chi connectivity index (χ4v) is 3.00. The third-order valence-electron chi connectivity index (χ3n) is 4.17. The summed E-state index contributed by atoms with van der Waals surface area (Å²) in [7, 11) is 0. The lowest BCUT2D eigenvalue weighted by Gasteiger charge is -2.27. The largest absolute Gasteiger partial charge is 0.481 e. The Balaban J connectivity index is 2.00. The summed E-state index contributed by atoms with van der Waals surface area (Å²) in [6.07, 6.45) is 3.91. The van der Waals surface area contributed by atoms with Gasteiger partial charge in [0.1, 0.15) is 0 Å². The molecule has 0 bridgehead atoms. The van der Waals surface area contributed by atoms with Crippen LogP contribution >= 0.6 is 0 Å². The average molecular weight is 261 g/mol. The van der Waals surface area contributed by atoms with E-state index in [4.69, 9.17) is 5.11 Å². The molecule has 3 heteroatoms. The molecule has 0 spiro atoms. The van der Waals surface area contributed by atoms with Crippen molar-refractivity contribution in [3.05, 3.63) is 35.4 Å². The molecule has 1 N–H and O–H groups in total. The smallest absolute Gasteiger partial charge is 0.307 e. The van der Waals surface area contributed by atoms with Crippen molar-refractivity contribution in [3.63, 3.8) is 0 Å². The van der Waals surface area contributed by atoms with E-state index in [1.54, 1.807) is 0 Å². The lowest BCUT2D eigenvalue weighted by atomic mass is 10.1. The van der Waals surface area contributed by atoms with Gasteiger partial charge in [0.25, 0.3) is 0 Å². The molecule has 0 saturated carbocycles. The molecule has 1 fully saturated rings. The molecule has 1 aromatic rings. The molecule has 0 amide bonds. The SMILES string of the molecule is CCC1CCC(C)N1Cc1ccc(CC(=O)O)cc1.